The molecule has 1 aliphatic carbocycles. The van der Waals surface area contributed by atoms with E-state index in [-0.39, 0.29) is 35.8 Å². The molecule has 0 aliphatic heterocycles. The van der Waals surface area contributed by atoms with Crippen LogP contribution in [-0.2, 0) is 22.3 Å². The Morgan fingerprint density at radius 3 is 2.28 bits per heavy atom. The van der Waals surface area contributed by atoms with Gasteiger partial charge in [-0.15, -0.1) is 0 Å². The van der Waals surface area contributed by atoms with E-state index in [1.165, 1.54) is 30.5 Å². The minimum absolute atomic E-state index is 0.0718. The predicted octanol–water partition coefficient (Wildman–Crippen LogP) is 5.42. The lowest BCUT2D eigenvalue weighted by molar-refractivity contribution is -0.173. The van der Waals surface area contributed by atoms with Crippen molar-refractivity contribution in [3.8, 4) is 0 Å². The molecule has 0 spiro atoms. The third-order valence-corrected chi connectivity index (χ3v) is 5.21. The molecule has 1 aliphatic rings. The van der Waals surface area contributed by atoms with Crippen molar-refractivity contribution in [2.75, 3.05) is 5.32 Å². The summed E-state index contributed by atoms with van der Waals surface area (Å²) < 4.78 is 76.9. The van der Waals surface area contributed by atoms with Gasteiger partial charge in [0.25, 0.3) is 0 Å². The largest absolute Gasteiger partial charge is 0.450 e. The van der Waals surface area contributed by atoms with E-state index in [2.05, 4.69) is 15.6 Å². The number of amides is 1. The molecule has 172 valence electrons. The van der Waals surface area contributed by atoms with E-state index >= 15 is 0 Å². The predicted molar refractivity (Wildman–Crippen MR) is 103 cm³/mol. The number of benzene rings is 1. The molecule has 0 radical (unpaired) electrons. The number of hydrogen-bond acceptors (Lipinski definition) is 4. The Morgan fingerprint density at radius 1 is 1.06 bits per heavy atom. The van der Waals surface area contributed by atoms with Gasteiger partial charge in [-0.25, -0.2) is 0 Å². The topological polar surface area (TPSA) is 71.1 Å². The standard InChI is InChI=1S/C20H16ClF6N3O2/c21-11-1-4-15(14(7-11)19(22,23)24)30-13-3-2-12(28-10-13)9-29-17(32)18(5-6-18)8-16(31)20(25,26)27/h1-4,7,10,30H,5-6,8-9H2,(H,29,32). The lowest BCUT2D eigenvalue weighted by Crippen LogP contribution is -2.36. The fourth-order valence-corrected chi connectivity index (χ4v) is 3.19. The average molecular weight is 480 g/mol. The van der Waals surface area contributed by atoms with E-state index in [1.807, 2.05) is 0 Å². The van der Waals surface area contributed by atoms with Gasteiger partial charge in [0.2, 0.25) is 11.7 Å². The van der Waals surface area contributed by atoms with Crippen molar-refractivity contribution in [3.63, 3.8) is 0 Å². The van der Waals surface area contributed by atoms with Crippen molar-refractivity contribution in [1.29, 1.82) is 0 Å². The van der Waals surface area contributed by atoms with Gasteiger partial charge in [0.15, 0.2) is 0 Å². The van der Waals surface area contributed by atoms with Gasteiger partial charge in [-0.05, 0) is 43.2 Å². The highest BCUT2D eigenvalue weighted by atomic mass is 35.5. The van der Waals surface area contributed by atoms with Crippen molar-refractivity contribution in [1.82, 2.24) is 10.3 Å². The Kier molecular flexibility index (Phi) is 6.41. The monoisotopic (exact) mass is 479 g/mol. The average Bonchev–Trinajstić information content (AvgIpc) is 3.48. The van der Waals surface area contributed by atoms with E-state index in [1.54, 1.807) is 0 Å². The molecule has 0 atom stereocenters. The lowest BCUT2D eigenvalue weighted by Gasteiger charge is -2.16. The van der Waals surface area contributed by atoms with Gasteiger partial charge >= 0.3 is 12.4 Å². The molecule has 1 amide bonds. The molecule has 1 aromatic carbocycles. The maximum Gasteiger partial charge on any atom is 0.450 e. The van der Waals surface area contributed by atoms with Gasteiger partial charge in [-0.3, -0.25) is 14.6 Å². The quantitative estimate of drug-likeness (QED) is 0.521. The van der Waals surface area contributed by atoms with Gasteiger partial charge in [0.05, 0.1) is 40.8 Å². The minimum atomic E-state index is -4.99. The van der Waals surface area contributed by atoms with Crippen LogP contribution in [0.25, 0.3) is 0 Å². The summed E-state index contributed by atoms with van der Waals surface area (Å²) in [5, 5.41) is 4.98. The summed E-state index contributed by atoms with van der Waals surface area (Å²) in [5.74, 6) is -2.62. The summed E-state index contributed by atoms with van der Waals surface area (Å²) in [7, 11) is 0. The first kappa shape index (κ1) is 23.8. The zero-order valence-corrected chi connectivity index (χ0v) is 17.0. The first-order chi connectivity index (χ1) is 14.8. The van der Waals surface area contributed by atoms with Crippen molar-refractivity contribution >= 4 is 34.7 Å². The van der Waals surface area contributed by atoms with Gasteiger partial charge in [0.1, 0.15) is 0 Å². The molecule has 3 rings (SSSR count). The summed E-state index contributed by atoms with van der Waals surface area (Å²) >= 11 is 5.64. The number of anilines is 2. The number of carbonyl (C=O) groups is 2. The van der Waals surface area contributed by atoms with E-state index < -0.39 is 41.4 Å². The number of Topliss-reactive ketones (excluding diaryl/α,β-unsaturated/α-hetero) is 1. The molecule has 5 nitrogen and oxygen atoms in total. The van der Waals surface area contributed by atoms with Crippen LogP contribution in [0.2, 0.25) is 5.02 Å². The van der Waals surface area contributed by atoms with Crippen LogP contribution in [0.3, 0.4) is 0 Å². The van der Waals surface area contributed by atoms with E-state index in [4.69, 9.17) is 11.6 Å². The van der Waals surface area contributed by atoms with Crippen molar-refractivity contribution in [2.24, 2.45) is 5.41 Å². The second-order valence-corrected chi connectivity index (χ2v) is 7.85. The summed E-state index contributed by atoms with van der Waals surface area (Å²) in [5.41, 5.74) is -1.97. The van der Waals surface area contributed by atoms with Gasteiger partial charge in [0, 0.05) is 11.4 Å². The first-order valence-electron chi connectivity index (χ1n) is 9.27. The lowest BCUT2D eigenvalue weighted by atomic mass is 9.98. The fraction of sp³-hybridized carbons (Fsp3) is 0.350. The van der Waals surface area contributed by atoms with E-state index in [0.29, 0.717) is 5.69 Å². The van der Waals surface area contributed by atoms with Crippen LogP contribution in [0, 0.1) is 5.41 Å². The van der Waals surface area contributed by atoms with Crippen LogP contribution in [0.15, 0.2) is 36.5 Å². The summed E-state index contributed by atoms with van der Waals surface area (Å²) in [4.78, 5) is 27.5. The number of aromatic nitrogens is 1. The minimum Gasteiger partial charge on any atom is -0.354 e. The summed E-state index contributed by atoms with van der Waals surface area (Å²) in [6.45, 7) is -0.115. The highest BCUT2D eigenvalue weighted by Crippen LogP contribution is 2.50. The number of hydrogen-bond donors (Lipinski definition) is 2. The van der Waals surface area contributed by atoms with Crippen LogP contribution >= 0.6 is 11.6 Å². The molecule has 1 fully saturated rings. The van der Waals surface area contributed by atoms with E-state index in [9.17, 15) is 35.9 Å². The van der Waals surface area contributed by atoms with Crippen LogP contribution in [-0.4, -0.2) is 22.9 Å². The molecular formula is C20H16ClF6N3O2. The SMILES string of the molecule is O=C(CC1(C(=O)NCc2ccc(Nc3ccc(Cl)cc3C(F)(F)F)cn2)CC1)C(F)(F)F. The van der Waals surface area contributed by atoms with Crippen LogP contribution in [0.1, 0.15) is 30.5 Å². The molecule has 1 saturated carbocycles. The highest BCUT2D eigenvalue weighted by molar-refractivity contribution is 6.30. The first-order valence-corrected chi connectivity index (χ1v) is 9.65. The smallest absolute Gasteiger partial charge is 0.354 e. The molecule has 0 unspecified atom stereocenters. The van der Waals surface area contributed by atoms with E-state index in [0.717, 1.165) is 6.07 Å². The number of carbonyl (C=O) groups excluding carboxylic acids is 2. The molecule has 1 aromatic heterocycles. The maximum absolute atomic E-state index is 13.2. The van der Waals surface area contributed by atoms with Crippen LogP contribution in [0.4, 0.5) is 37.7 Å². The Labute approximate surface area is 183 Å². The van der Waals surface area contributed by atoms with Crippen LogP contribution < -0.4 is 10.6 Å². The highest BCUT2D eigenvalue weighted by Gasteiger charge is 2.54. The van der Waals surface area contributed by atoms with Gasteiger partial charge < -0.3 is 10.6 Å². The summed E-state index contributed by atoms with van der Waals surface area (Å²) in [6, 6.07) is 6.14. The Hall–Kier alpha value is -2.82. The maximum atomic E-state index is 13.2. The third kappa shape index (κ3) is 5.70. The molecule has 1 heterocycles. The molecule has 2 N–H and O–H groups in total. The third-order valence-electron chi connectivity index (χ3n) is 4.97. The Bertz CT molecular complexity index is 1020. The molecule has 32 heavy (non-hydrogen) atoms. The molecular weight excluding hydrogens is 464 g/mol. The normalized spacial score (nSPS) is 15.2. The number of rotatable bonds is 7. The Morgan fingerprint density at radius 2 is 1.75 bits per heavy atom. The number of nitrogens with one attached hydrogen (secondary N) is 2. The second-order valence-electron chi connectivity index (χ2n) is 7.41. The van der Waals surface area contributed by atoms with Crippen molar-refractivity contribution in [3.05, 3.63) is 52.8 Å². The second kappa shape index (κ2) is 8.61. The number of nitrogens with zero attached hydrogens (tertiary/aromatic N) is 1. The molecule has 12 heteroatoms. The van der Waals surface area contributed by atoms with Crippen molar-refractivity contribution < 1.29 is 35.9 Å². The number of halogens is 7. The number of ketones is 1. The van der Waals surface area contributed by atoms with Gasteiger partial charge in [-0.1, -0.05) is 11.6 Å². The number of alkyl halides is 6. The molecule has 2 aromatic rings. The van der Waals surface area contributed by atoms with Crippen molar-refractivity contribution in [2.45, 2.75) is 38.2 Å². The molecule has 0 bridgehead atoms. The number of pyridine rings is 1. The fourth-order valence-electron chi connectivity index (χ4n) is 3.02. The zero-order valence-electron chi connectivity index (χ0n) is 16.2. The molecule has 0 saturated heterocycles. The summed E-state index contributed by atoms with van der Waals surface area (Å²) in [6.07, 6.45) is -8.91. The zero-order chi connectivity index (χ0) is 23.7. The Balaban J connectivity index is 1.61. The van der Waals surface area contributed by atoms with Gasteiger partial charge in [-0.2, -0.15) is 26.3 Å². The van der Waals surface area contributed by atoms with Crippen LogP contribution in [0.5, 0.6) is 0 Å².